The molecule has 24 heavy (non-hydrogen) atoms. The molecule has 1 atom stereocenters. The van der Waals surface area contributed by atoms with Crippen molar-refractivity contribution in [2.45, 2.75) is 30.7 Å². The van der Waals surface area contributed by atoms with Gasteiger partial charge in [0.2, 0.25) is 0 Å². The molecule has 2 amide bonds. The first-order chi connectivity index (χ1) is 11.5. The van der Waals surface area contributed by atoms with E-state index in [2.05, 4.69) is 15.4 Å². The maximum Gasteiger partial charge on any atom is 0.331 e. The zero-order chi connectivity index (χ0) is 17.2. The van der Waals surface area contributed by atoms with Crippen molar-refractivity contribution in [2.24, 2.45) is 0 Å². The van der Waals surface area contributed by atoms with Crippen LogP contribution in [0.15, 0.2) is 24.3 Å². The summed E-state index contributed by atoms with van der Waals surface area (Å²) in [5, 5.41) is 4.98. The van der Waals surface area contributed by atoms with Crippen molar-refractivity contribution in [3.05, 3.63) is 29.8 Å². The quantitative estimate of drug-likeness (QED) is 0.632. The summed E-state index contributed by atoms with van der Waals surface area (Å²) >= 11 is 0. The molecule has 2 N–H and O–H groups in total. The molecule has 2 aliphatic rings. The number of anilines is 1. The first-order valence-electron chi connectivity index (χ1n) is 7.94. The average molecular weight is 332 g/mol. The van der Waals surface area contributed by atoms with E-state index in [0.717, 1.165) is 18.6 Å². The molecule has 1 aliphatic heterocycles. The predicted octanol–water partition coefficient (Wildman–Crippen LogP) is 0.951. The van der Waals surface area contributed by atoms with Gasteiger partial charge in [0, 0.05) is 18.2 Å². The largest absolute Gasteiger partial charge is 0.467 e. The van der Waals surface area contributed by atoms with E-state index in [1.807, 2.05) is 12.1 Å². The summed E-state index contributed by atoms with van der Waals surface area (Å²) in [5.41, 5.74) is 0.647. The standard InChI is InChI=1S/C17H20N2O5/c1-23-16(22)17(7-8-17)19-15(21)14(20)18-13-4-2-11(3-5-13)12-6-9-24-10-12/h2-5,12H,6-10H2,1H3,(H,18,20)(H,19,21). The highest BCUT2D eigenvalue weighted by Gasteiger charge is 2.53. The van der Waals surface area contributed by atoms with Crippen LogP contribution in [-0.2, 0) is 23.9 Å². The average Bonchev–Trinajstić information content (AvgIpc) is 3.17. The van der Waals surface area contributed by atoms with Crippen molar-refractivity contribution < 1.29 is 23.9 Å². The van der Waals surface area contributed by atoms with Crippen LogP contribution in [0.3, 0.4) is 0 Å². The van der Waals surface area contributed by atoms with Gasteiger partial charge in [-0.3, -0.25) is 9.59 Å². The summed E-state index contributed by atoms with van der Waals surface area (Å²) in [6, 6.07) is 7.35. The molecular weight excluding hydrogens is 312 g/mol. The number of hydrogen-bond donors (Lipinski definition) is 2. The third-order valence-corrected chi connectivity index (χ3v) is 4.45. The molecule has 128 valence electrons. The molecule has 0 bridgehead atoms. The summed E-state index contributed by atoms with van der Waals surface area (Å²) in [6.45, 7) is 1.48. The normalized spacial score (nSPS) is 21.0. The minimum Gasteiger partial charge on any atom is -0.467 e. The minimum absolute atomic E-state index is 0.382. The van der Waals surface area contributed by atoms with Crippen LogP contribution in [0.2, 0.25) is 0 Å². The van der Waals surface area contributed by atoms with Crippen molar-refractivity contribution in [1.29, 1.82) is 0 Å². The summed E-state index contributed by atoms with van der Waals surface area (Å²) in [4.78, 5) is 35.5. The van der Waals surface area contributed by atoms with Gasteiger partial charge in [-0.1, -0.05) is 12.1 Å². The maximum absolute atomic E-state index is 12.0. The van der Waals surface area contributed by atoms with Gasteiger partial charge >= 0.3 is 17.8 Å². The third kappa shape index (κ3) is 3.41. The Morgan fingerprint density at radius 1 is 1.17 bits per heavy atom. The molecule has 1 aromatic carbocycles. The highest BCUT2D eigenvalue weighted by molar-refractivity contribution is 6.40. The Hall–Kier alpha value is -2.41. The molecule has 7 heteroatoms. The van der Waals surface area contributed by atoms with Crippen molar-refractivity contribution in [3.8, 4) is 0 Å². The fourth-order valence-corrected chi connectivity index (χ4v) is 2.80. The van der Waals surface area contributed by atoms with E-state index in [0.29, 0.717) is 31.1 Å². The second-order valence-electron chi connectivity index (χ2n) is 6.16. The number of rotatable bonds is 4. The highest BCUT2D eigenvalue weighted by Crippen LogP contribution is 2.36. The van der Waals surface area contributed by atoms with E-state index in [4.69, 9.17) is 4.74 Å². The molecule has 2 fully saturated rings. The number of carbonyl (C=O) groups is 3. The second kappa shape index (κ2) is 6.60. The molecule has 0 aromatic heterocycles. The van der Waals surface area contributed by atoms with Gasteiger partial charge in [-0.15, -0.1) is 0 Å². The fourth-order valence-electron chi connectivity index (χ4n) is 2.80. The topological polar surface area (TPSA) is 93.7 Å². The van der Waals surface area contributed by atoms with Gasteiger partial charge in [-0.25, -0.2) is 4.79 Å². The van der Waals surface area contributed by atoms with Crippen LogP contribution in [0.1, 0.15) is 30.7 Å². The summed E-state index contributed by atoms with van der Waals surface area (Å²) in [6.07, 6.45) is 1.96. The number of carbonyl (C=O) groups excluding carboxylic acids is 3. The Morgan fingerprint density at radius 3 is 2.42 bits per heavy atom. The van der Waals surface area contributed by atoms with Crippen LogP contribution in [0.4, 0.5) is 5.69 Å². The lowest BCUT2D eigenvalue weighted by Crippen LogP contribution is -2.48. The molecule has 0 spiro atoms. The lowest BCUT2D eigenvalue weighted by atomic mass is 9.98. The van der Waals surface area contributed by atoms with Crippen LogP contribution in [0, 0.1) is 0 Å². The molecule has 0 radical (unpaired) electrons. The minimum atomic E-state index is -1.03. The van der Waals surface area contributed by atoms with E-state index in [-0.39, 0.29) is 0 Å². The Bertz CT molecular complexity index is 645. The predicted molar refractivity (Wildman–Crippen MR) is 85.4 cm³/mol. The van der Waals surface area contributed by atoms with Gasteiger partial charge in [-0.2, -0.15) is 0 Å². The van der Waals surface area contributed by atoms with E-state index in [1.54, 1.807) is 12.1 Å². The number of methoxy groups -OCH3 is 1. The molecule has 1 aliphatic carbocycles. The molecule has 3 rings (SSSR count). The van der Waals surface area contributed by atoms with Gasteiger partial charge in [0.1, 0.15) is 5.54 Å². The fraction of sp³-hybridized carbons (Fsp3) is 0.471. The van der Waals surface area contributed by atoms with Gasteiger partial charge in [0.05, 0.1) is 13.7 Å². The monoisotopic (exact) mass is 332 g/mol. The number of benzene rings is 1. The Morgan fingerprint density at radius 2 is 1.88 bits per heavy atom. The van der Waals surface area contributed by atoms with Gasteiger partial charge in [0.25, 0.3) is 0 Å². The lowest BCUT2D eigenvalue weighted by Gasteiger charge is -2.14. The van der Waals surface area contributed by atoms with Crippen LogP contribution in [0.25, 0.3) is 0 Å². The van der Waals surface area contributed by atoms with Gasteiger partial charge in [-0.05, 0) is 37.0 Å². The third-order valence-electron chi connectivity index (χ3n) is 4.45. The van der Waals surface area contributed by atoms with Crippen molar-refractivity contribution >= 4 is 23.5 Å². The summed E-state index contributed by atoms with van der Waals surface area (Å²) in [5.74, 6) is -1.78. The molecular formula is C17H20N2O5. The molecule has 1 saturated carbocycles. The highest BCUT2D eigenvalue weighted by atomic mass is 16.5. The molecule has 1 unspecified atom stereocenters. The summed E-state index contributed by atoms with van der Waals surface area (Å²) < 4.78 is 10.0. The summed E-state index contributed by atoms with van der Waals surface area (Å²) in [7, 11) is 1.26. The van der Waals surface area contributed by atoms with Crippen LogP contribution < -0.4 is 10.6 Å². The molecule has 1 saturated heterocycles. The van der Waals surface area contributed by atoms with Crippen LogP contribution in [0.5, 0.6) is 0 Å². The molecule has 1 heterocycles. The van der Waals surface area contributed by atoms with Crippen LogP contribution in [-0.4, -0.2) is 43.6 Å². The van der Waals surface area contributed by atoms with E-state index < -0.39 is 23.3 Å². The van der Waals surface area contributed by atoms with Gasteiger partial charge in [0.15, 0.2) is 0 Å². The van der Waals surface area contributed by atoms with E-state index >= 15 is 0 Å². The van der Waals surface area contributed by atoms with Crippen molar-refractivity contribution in [2.75, 3.05) is 25.6 Å². The van der Waals surface area contributed by atoms with E-state index in [1.165, 1.54) is 7.11 Å². The Kier molecular flexibility index (Phi) is 4.53. The molecule has 7 nitrogen and oxygen atoms in total. The zero-order valence-corrected chi connectivity index (χ0v) is 13.5. The molecule has 1 aromatic rings. The maximum atomic E-state index is 12.0. The first-order valence-corrected chi connectivity index (χ1v) is 7.94. The van der Waals surface area contributed by atoms with Gasteiger partial charge < -0.3 is 20.1 Å². The number of nitrogens with one attached hydrogen (secondary N) is 2. The zero-order valence-electron chi connectivity index (χ0n) is 13.5. The van der Waals surface area contributed by atoms with E-state index in [9.17, 15) is 14.4 Å². The smallest absolute Gasteiger partial charge is 0.331 e. The van der Waals surface area contributed by atoms with Crippen molar-refractivity contribution in [3.63, 3.8) is 0 Å². The number of hydrogen-bond acceptors (Lipinski definition) is 5. The SMILES string of the molecule is COC(=O)C1(NC(=O)C(=O)Nc2ccc(C3CCOC3)cc2)CC1. The number of amides is 2. The lowest BCUT2D eigenvalue weighted by molar-refractivity contribution is -0.147. The number of esters is 1. The Labute approximate surface area is 139 Å². The Balaban J connectivity index is 1.56. The number of ether oxygens (including phenoxy) is 2. The first kappa shape index (κ1) is 16.4. The van der Waals surface area contributed by atoms with Crippen molar-refractivity contribution in [1.82, 2.24) is 5.32 Å². The second-order valence-corrected chi connectivity index (χ2v) is 6.16. The van der Waals surface area contributed by atoms with Crippen LogP contribution >= 0.6 is 0 Å².